The molecule has 180 valence electrons. The first-order chi connectivity index (χ1) is 16.2. The van der Waals surface area contributed by atoms with Gasteiger partial charge in [0.15, 0.2) is 5.75 Å². The van der Waals surface area contributed by atoms with Crippen LogP contribution in [0, 0.1) is 17.3 Å². The first kappa shape index (κ1) is 22.2. The molecule has 2 aromatic rings. The number of pyridine rings is 1. The summed E-state index contributed by atoms with van der Waals surface area (Å²) in [7, 11) is 1.67. The molecular weight excluding hydrogens is 448 g/mol. The van der Waals surface area contributed by atoms with Crippen molar-refractivity contribution in [3.05, 3.63) is 45.8 Å². The minimum absolute atomic E-state index is 0.0897. The Labute approximate surface area is 203 Å². The lowest BCUT2D eigenvalue weighted by atomic mass is 9.75. The fourth-order valence-corrected chi connectivity index (χ4v) is 8.80. The zero-order valence-electron chi connectivity index (χ0n) is 20.2. The number of thioether (sulfide) groups is 1. The summed E-state index contributed by atoms with van der Waals surface area (Å²) >= 11 is 1.96. The van der Waals surface area contributed by atoms with Crippen molar-refractivity contribution < 1.29 is 14.3 Å². The van der Waals surface area contributed by atoms with Crippen molar-refractivity contribution in [2.75, 3.05) is 13.7 Å². The van der Waals surface area contributed by atoms with Crippen LogP contribution < -0.4 is 15.9 Å². The molecule has 3 saturated carbocycles. The molecule has 1 aliphatic heterocycles. The second kappa shape index (κ2) is 7.37. The zero-order chi connectivity index (χ0) is 24.0. The molecular formula is C27H32N2O4S. The summed E-state index contributed by atoms with van der Waals surface area (Å²) in [5.41, 5.74) is 8.42. The first-order valence-corrected chi connectivity index (χ1v) is 13.1. The molecule has 1 aromatic carbocycles. The molecule has 1 aromatic heterocycles. The van der Waals surface area contributed by atoms with E-state index in [9.17, 15) is 9.59 Å². The summed E-state index contributed by atoms with van der Waals surface area (Å²) in [5.74, 6) is 1.20. The molecule has 4 atom stereocenters. The van der Waals surface area contributed by atoms with Crippen molar-refractivity contribution in [3.63, 3.8) is 0 Å². The maximum Gasteiger partial charge on any atom is 0.343 e. The molecule has 7 heteroatoms. The second-order valence-electron chi connectivity index (χ2n) is 11.1. The lowest BCUT2D eigenvalue weighted by molar-refractivity contribution is 0.0524. The molecule has 3 aliphatic carbocycles. The summed E-state index contributed by atoms with van der Waals surface area (Å²) in [6.07, 6.45) is 8.36. The van der Waals surface area contributed by atoms with Crippen LogP contribution in [-0.2, 0) is 4.74 Å². The van der Waals surface area contributed by atoms with E-state index in [1.807, 2.05) is 23.9 Å². The van der Waals surface area contributed by atoms with Crippen LogP contribution in [0.3, 0.4) is 0 Å². The highest BCUT2D eigenvalue weighted by Gasteiger charge is 2.72. The zero-order valence-corrected chi connectivity index (χ0v) is 21.0. The second-order valence-corrected chi connectivity index (χ2v) is 12.5. The van der Waals surface area contributed by atoms with Crippen LogP contribution in [0.1, 0.15) is 68.4 Å². The molecule has 3 fully saturated rings. The Morgan fingerprint density at radius 1 is 1.29 bits per heavy atom. The molecule has 0 saturated heterocycles. The summed E-state index contributed by atoms with van der Waals surface area (Å²) in [6.45, 7) is 6.64. The topological polar surface area (TPSA) is 83.6 Å². The minimum Gasteiger partial charge on any atom is -0.494 e. The number of fused-ring (bicyclic) bond motifs is 2. The SMILES string of the molecule is CCOC(=O)c1cn(C2CC2)c2c(OC)c(C3=CC4C5C(N)CC(C)(C)CC45S3)ccc2c1=O. The van der Waals surface area contributed by atoms with Gasteiger partial charge in [-0.2, -0.15) is 0 Å². The van der Waals surface area contributed by atoms with E-state index in [0.29, 0.717) is 23.0 Å². The van der Waals surface area contributed by atoms with Crippen LogP contribution in [0.4, 0.5) is 0 Å². The average molecular weight is 481 g/mol. The van der Waals surface area contributed by atoms with Crippen molar-refractivity contribution in [2.24, 2.45) is 23.0 Å². The Morgan fingerprint density at radius 2 is 2.06 bits per heavy atom. The van der Waals surface area contributed by atoms with Gasteiger partial charge in [-0.15, -0.1) is 11.8 Å². The lowest BCUT2D eigenvalue weighted by Crippen LogP contribution is -2.39. The van der Waals surface area contributed by atoms with E-state index in [0.717, 1.165) is 30.3 Å². The van der Waals surface area contributed by atoms with Gasteiger partial charge in [-0.1, -0.05) is 19.9 Å². The number of nitrogens with zero attached hydrogens (tertiary/aromatic N) is 1. The fraction of sp³-hybridized carbons (Fsp3) is 0.556. The van der Waals surface area contributed by atoms with Crippen molar-refractivity contribution >= 4 is 33.5 Å². The molecule has 4 aliphatic rings. The van der Waals surface area contributed by atoms with Gasteiger partial charge < -0.3 is 19.8 Å². The Balaban J connectivity index is 1.47. The largest absolute Gasteiger partial charge is 0.494 e. The van der Waals surface area contributed by atoms with E-state index in [1.54, 1.807) is 20.2 Å². The number of allylic oxidation sites excluding steroid dienone is 1. The minimum atomic E-state index is -0.567. The van der Waals surface area contributed by atoms with Gasteiger partial charge in [0, 0.05) is 33.5 Å². The van der Waals surface area contributed by atoms with Crippen LogP contribution >= 0.6 is 11.8 Å². The number of carbonyl (C=O) groups is 1. The number of aromatic nitrogens is 1. The van der Waals surface area contributed by atoms with E-state index in [1.165, 1.54) is 11.3 Å². The summed E-state index contributed by atoms with van der Waals surface area (Å²) < 4.78 is 13.4. The molecule has 4 unspecified atom stereocenters. The fourth-order valence-electron chi connectivity index (χ4n) is 6.70. The maximum absolute atomic E-state index is 13.3. The van der Waals surface area contributed by atoms with Gasteiger partial charge >= 0.3 is 5.97 Å². The van der Waals surface area contributed by atoms with E-state index in [2.05, 4.69) is 24.5 Å². The number of hydrogen-bond donors (Lipinski definition) is 1. The first-order valence-electron chi connectivity index (χ1n) is 12.3. The molecule has 6 nitrogen and oxygen atoms in total. The monoisotopic (exact) mass is 480 g/mol. The van der Waals surface area contributed by atoms with Gasteiger partial charge in [-0.05, 0) is 62.0 Å². The molecule has 0 amide bonds. The van der Waals surface area contributed by atoms with Crippen LogP contribution in [0.25, 0.3) is 15.8 Å². The third-order valence-corrected chi connectivity index (χ3v) is 9.74. The smallest absolute Gasteiger partial charge is 0.343 e. The summed E-state index contributed by atoms with van der Waals surface area (Å²) in [4.78, 5) is 27.0. The van der Waals surface area contributed by atoms with Crippen molar-refractivity contribution in [1.82, 2.24) is 4.57 Å². The third-order valence-electron chi connectivity index (χ3n) is 8.09. The quantitative estimate of drug-likeness (QED) is 0.623. The molecule has 0 bridgehead atoms. The number of rotatable bonds is 5. The van der Waals surface area contributed by atoms with Crippen molar-refractivity contribution in [2.45, 2.75) is 63.3 Å². The Kier molecular flexibility index (Phi) is 4.82. The predicted octanol–water partition coefficient (Wildman–Crippen LogP) is 4.74. The molecule has 1 spiro atoms. The van der Waals surface area contributed by atoms with E-state index < -0.39 is 5.97 Å². The lowest BCUT2D eigenvalue weighted by Gasteiger charge is -2.38. The van der Waals surface area contributed by atoms with Crippen LogP contribution in [0.2, 0.25) is 0 Å². The number of carbonyl (C=O) groups excluding carboxylic acids is 1. The Bertz CT molecular complexity index is 1310. The number of methoxy groups -OCH3 is 1. The van der Waals surface area contributed by atoms with Crippen molar-refractivity contribution in [1.29, 1.82) is 0 Å². The van der Waals surface area contributed by atoms with E-state index in [-0.39, 0.29) is 39.8 Å². The van der Waals surface area contributed by atoms with Crippen molar-refractivity contribution in [3.8, 4) is 5.75 Å². The number of nitrogens with two attached hydrogens (primary N) is 1. The Morgan fingerprint density at radius 3 is 2.74 bits per heavy atom. The van der Waals surface area contributed by atoms with Gasteiger partial charge in [-0.25, -0.2) is 4.79 Å². The number of ether oxygens (including phenoxy) is 2. The van der Waals surface area contributed by atoms with Crippen LogP contribution in [-0.4, -0.2) is 35.0 Å². The van der Waals surface area contributed by atoms with E-state index in [4.69, 9.17) is 15.2 Å². The summed E-state index contributed by atoms with van der Waals surface area (Å²) in [6, 6.07) is 4.35. The van der Waals surface area contributed by atoms with Crippen LogP contribution in [0.15, 0.2) is 29.2 Å². The molecule has 0 radical (unpaired) electrons. The highest BCUT2D eigenvalue weighted by molar-refractivity contribution is 8.10. The maximum atomic E-state index is 13.3. The van der Waals surface area contributed by atoms with E-state index >= 15 is 0 Å². The van der Waals surface area contributed by atoms with Gasteiger partial charge in [-0.3, -0.25) is 4.79 Å². The van der Waals surface area contributed by atoms with Gasteiger partial charge in [0.1, 0.15) is 5.56 Å². The normalized spacial score (nSPS) is 31.0. The van der Waals surface area contributed by atoms with Crippen LogP contribution in [0.5, 0.6) is 5.75 Å². The molecule has 34 heavy (non-hydrogen) atoms. The van der Waals surface area contributed by atoms with Gasteiger partial charge in [0.2, 0.25) is 5.43 Å². The van der Waals surface area contributed by atoms with Gasteiger partial charge in [0.25, 0.3) is 0 Å². The number of benzene rings is 1. The van der Waals surface area contributed by atoms with Gasteiger partial charge in [0.05, 0.1) is 24.6 Å². The third kappa shape index (κ3) is 3.12. The molecule has 6 rings (SSSR count). The average Bonchev–Trinajstić information content (AvgIpc) is 3.68. The Hall–Kier alpha value is -2.25. The molecule has 2 N–H and O–H groups in total. The molecule has 2 heterocycles. The summed E-state index contributed by atoms with van der Waals surface area (Å²) in [5, 5.41) is 0.503. The highest BCUT2D eigenvalue weighted by atomic mass is 32.2. The number of hydrogen-bond acceptors (Lipinski definition) is 6. The number of esters is 1. The highest BCUT2D eigenvalue weighted by Crippen LogP contribution is 2.76. The standard InChI is InChI=1S/C27H32N2O4S/c1-5-33-25(31)17-12-29(14-6-7-14)22-16(23(17)30)9-8-15(24(22)32-4)20-10-18-21-19(28)11-26(2,3)13-27(18,21)34-20/h8-10,12,14,18-19,21H,5-7,11,13,28H2,1-4H3. The predicted molar refractivity (Wildman–Crippen MR) is 135 cm³/mol.